The van der Waals surface area contributed by atoms with E-state index in [0.29, 0.717) is 6.10 Å². The number of likely N-dealkylation sites (tertiary alicyclic amines) is 1. The van der Waals surface area contributed by atoms with Gasteiger partial charge in [0, 0.05) is 25.3 Å². The van der Waals surface area contributed by atoms with E-state index in [-0.39, 0.29) is 0 Å². The van der Waals surface area contributed by atoms with Crippen molar-refractivity contribution in [3.05, 3.63) is 23.8 Å². The maximum Gasteiger partial charge on any atom is 0.120 e. The van der Waals surface area contributed by atoms with Gasteiger partial charge in [0.1, 0.15) is 11.9 Å². The zero-order valence-corrected chi connectivity index (χ0v) is 10.4. The molecule has 0 amide bonds. The molecule has 0 saturated carbocycles. The first-order valence-corrected chi connectivity index (χ1v) is 6.61. The van der Waals surface area contributed by atoms with Crippen LogP contribution >= 0.6 is 0 Å². The number of hydrogen-bond acceptors (Lipinski definition) is 3. The predicted molar refractivity (Wildman–Crippen MR) is 69.8 cm³/mol. The first-order chi connectivity index (χ1) is 8.35. The Hall–Kier alpha value is -1.22. The lowest BCUT2D eigenvalue weighted by molar-refractivity contribution is 0.202. The third-order valence-electron chi connectivity index (χ3n) is 3.77. The SMILES string of the molecule is CCN1CCC(Oc2ccc3c(c2)CCN3)C1. The van der Waals surface area contributed by atoms with Gasteiger partial charge in [-0.25, -0.2) is 0 Å². The number of fused-ring (bicyclic) bond motifs is 1. The normalized spacial score (nSPS) is 23.5. The Kier molecular flexibility index (Phi) is 2.93. The molecule has 2 heterocycles. The van der Waals surface area contributed by atoms with Gasteiger partial charge in [-0.2, -0.15) is 0 Å². The highest BCUT2D eigenvalue weighted by atomic mass is 16.5. The molecule has 1 saturated heterocycles. The monoisotopic (exact) mass is 232 g/mol. The average Bonchev–Trinajstić information content (AvgIpc) is 2.96. The molecule has 3 rings (SSSR count). The molecule has 1 aromatic rings. The number of rotatable bonds is 3. The number of ether oxygens (including phenoxy) is 1. The quantitative estimate of drug-likeness (QED) is 0.864. The van der Waals surface area contributed by atoms with Crippen molar-refractivity contribution in [2.24, 2.45) is 0 Å². The number of benzene rings is 1. The van der Waals surface area contributed by atoms with Crippen LogP contribution < -0.4 is 10.1 Å². The third-order valence-corrected chi connectivity index (χ3v) is 3.77. The Morgan fingerprint density at radius 2 is 2.41 bits per heavy atom. The zero-order valence-electron chi connectivity index (χ0n) is 10.4. The first kappa shape index (κ1) is 10.9. The molecule has 17 heavy (non-hydrogen) atoms. The Bertz CT molecular complexity index is 405. The minimum atomic E-state index is 0.377. The summed E-state index contributed by atoms with van der Waals surface area (Å²) in [7, 11) is 0. The number of nitrogens with one attached hydrogen (secondary N) is 1. The molecule has 3 nitrogen and oxygen atoms in total. The number of nitrogens with zero attached hydrogens (tertiary/aromatic N) is 1. The van der Waals surface area contributed by atoms with Crippen molar-refractivity contribution in [3.8, 4) is 5.75 Å². The van der Waals surface area contributed by atoms with Crippen molar-refractivity contribution in [2.75, 3.05) is 31.5 Å². The van der Waals surface area contributed by atoms with Crippen molar-refractivity contribution >= 4 is 5.69 Å². The second-order valence-electron chi connectivity index (χ2n) is 4.92. The summed E-state index contributed by atoms with van der Waals surface area (Å²) in [6.45, 7) is 6.66. The van der Waals surface area contributed by atoms with Crippen LogP contribution in [-0.2, 0) is 6.42 Å². The van der Waals surface area contributed by atoms with Crippen LogP contribution in [0.2, 0.25) is 0 Å². The Morgan fingerprint density at radius 1 is 1.47 bits per heavy atom. The van der Waals surface area contributed by atoms with E-state index in [1.807, 2.05) is 0 Å². The van der Waals surface area contributed by atoms with E-state index in [1.165, 1.54) is 17.8 Å². The van der Waals surface area contributed by atoms with E-state index < -0.39 is 0 Å². The predicted octanol–water partition coefficient (Wildman–Crippen LogP) is 2.13. The van der Waals surface area contributed by atoms with Gasteiger partial charge in [-0.15, -0.1) is 0 Å². The zero-order chi connectivity index (χ0) is 11.7. The van der Waals surface area contributed by atoms with Crippen LogP contribution in [-0.4, -0.2) is 37.2 Å². The van der Waals surface area contributed by atoms with Gasteiger partial charge in [0.25, 0.3) is 0 Å². The van der Waals surface area contributed by atoms with Gasteiger partial charge in [-0.05, 0) is 43.1 Å². The Labute approximate surface area is 103 Å². The van der Waals surface area contributed by atoms with Crippen molar-refractivity contribution in [2.45, 2.75) is 25.9 Å². The van der Waals surface area contributed by atoms with E-state index >= 15 is 0 Å². The fourth-order valence-electron chi connectivity index (χ4n) is 2.73. The lowest BCUT2D eigenvalue weighted by Crippen LogP contribution is -2.24. The van der Waals surface area contributed by atoms with E-state index in [1.54, 1.807) is 0 Å². The molecule has 1 atom stereocenters. The van der Waals surface area contributed by atoms with E-state index in [0.717, 1.165) is 38.2 Å². The van der Waals surface area contributed by atoms with Crippen LogP contribution in [0.1, 0.15) is 18.9 Å². The lowest BCUT2D eigenvalue weighted by atomic mass is 10.1. The van der Waals surface area contributed by atoms with Gasteiger partial charge in [-0.3, -0.25) is 4.90 Å². The molecule has 2 aliphatic heterocycles. The topological polar surface area (TPSA) is 24.5 Å². The van der Waals surface area contributed by atoms with Gasteiger partial charge in [0.2, 0.25) is 0 Å². The standard InChI is InChI=1S/C14H20N2O/c1-2-16-8-6-13(10-16)17-12-3-4-14-11(9-12)5-7-15-14/h3-4,9,13,15H,2,5-8,10H2,1H3. The van der Waals surface area contributed by atoms with Crippen LogP contribution in [0.25, 0.3) is 0 Å². The minimum Gasteiger partial charge on any atom is -0.489 e. The molecule has 1 fully saturated rings. The van der Waals surface area contributed by atoms with Crippen molar-refractivity contribution in [1.82, 2.24) is 4.90 Å². The van der Waals surface area contributed by atoms with Crippen LogP contribution in [0.15, 0.2) is 18.2 Å². The van der Waals surface area contributed by atoms with E-state index in [4.69, 9.17) is 4.74 Å². The molecule has 0 spiro atoms. The number of likely N-dealkylation sites (N-methyl/N-ethyl adjacent to an activating group) is 1. The molecule has 3 heteroatoms. The molecular weight excluding hydrogens is 212 g/mol. The first-order valence-electron chi connectivity index (χ1n) is 6.61. The summed E-state index contributed by atoms with van der Waals surface area (Å²) in [4.78, 5) is 2.44. The fraction of sp³-hybridized carbons (Fsp3) is 0.571. The van der Waals surface area contributed by atoms with Crippen molar-refractivity contribution in [3.63, 3.8) is 0 Å². The average molecular weight is 232 g/mol. The molecular formula is C14H20N2O. The smallest absolute Gasteiger partial charge is 0.120 e. The van der Waals surface area contributed by atoms with E-state index in [2.05, 4.69) is 35.3 Å². The highest BCUT2D eigenvalue weighted by Crippen LogP contribution is 2.28. The molecule has 2 aliphatic rings. The van der Waals surface area contributed by atoms with Gasteiger partial charge in [-0.1, -0.05) is 6.92 Å². The largest absolute Gasteiger partial charge is 0.489 e. The minimum absolute atomic E-state index is 0.377. The van der Waals surface area contributed by atoms with Gasteiger partial charge >= 0.3 is 0 Å². The number of hydrogen-bond donors (Lipinski definition) is 1. The van der Waals surface area contributed by atoms with Crippen LogP contribution in [0.4, 0.5) is 5.69 Å². The summed E-state index contributed by atoms with van der Waals surface area (Å²) >= 11 is 0. The summed E-state index contributed by atoms with van der Waals surface area (Å²) in [5.41, 5.74) is 2.67. The molecule has 0 radical (unpaired) electrons. The second-order valence-corrected chi connectivity index (χ2v) is 4.92. The highest BCUT2D eigenvalue weighted by Gasteiger charge is 2.23. The van der Waals surface area contributed by atoms with Crippen LogP contribution in [0.3, 0.4) is 0 Å². The van der Waals surface area contributed by atoms with Gasteiger partial charge < -0.3 is 10.1 Å². The molecule has 92 valence electrons. The summed E-state index contributed by atoms with van der Waals surface area (Å²) in [6, 6.07) is 6.43. The maximum atomic E-state index is 6.06. The Balaban J connectivity index is 1.65. The maximum absolute atomic E-state index is 6.06. The third kappa shape index (κ3) is 2.25. The van der Waals surface area contributed by atoms with Crippen LogP contribution in [0.5, 0.6) is 5.75 Å². The van der Waals surface area contributed by atoms with E-state index in [9.17, 15) is 0 Å². The fourth-order valence-corrected chi connectivity index (χ4v) is 2.73. The lowest BCUT2D eigenvalue weighted by Gasteiger charge is -2.15. The summed E-state index contributed by atoms with van der Waals surface area (Å²) in [5, 5.41) is 3.37. The van der Waals surface area contributed by atoms with Gasteiger partial charge in [0.05, 0.1) is 0 Å². The Morgan fingerprint density at radius 3 is 3.24 bits per heavy atom. The molecule has 0 aromatic heterocycles. The van der Waals surface area contributed by atoms with Crippen LogP contribution in [0, 0.1) is 0 Å². The molecule has 0 aliphatic carbocycles. The number of anilines is 1. The molecule has 1 aromatic carbocycles. The van der Waals surface area contributed by atoms with Crippen molar-refractivity contribution in [1.29, 1.82) is 0 Å². The molecule has 1 N–H and O–H groups in total. The van der Waals surface area contributed by atoms with Crippen molar-refractivity contribution < 1.29 is 4.74 Å². The summed E-state index contributed by atoms with van der Waals surface area (Å²) in [6.07, 6.45) is 2.66. The summed E-state index contributed by atoms with van der Waals surface area (Å²) < 4.78 is 6.06. The highest BCUT2D eigenvalue weighted by molar-refractivity contribution is 5.57. The second kappa shape index (κ2) is 4.57. The summed E-state index contributed by atoms with van der Waals surface area (Å²) in [5.74, 6) is 1.04. The molecule has 0 bridgehead atoms. The van der Waals surface area contributed by atoms with Gasteiger partial charge in [0.15, 0.2) is 0 Å². The molecule has 1 unspecified atom stereocenters.